The van der Waals surface area contributed by atoms with Crippen molar-refractivity contribution in [2.75, 3.05) is 6.54 Å². The molecule has 1 aromatic heterocycles. The van der Waals surface area contributed by atoms with Gasteiger partial charge in [0.05, 0.1) is 11.2 Å². The first-order valence-corrected chi connectivity index (χ1v) is 8.32. The lowest BCUT2D eigenvalue weighted by Gasteiger charge is -2.27. The van der Waals surface area contributed by atoms with Crippen LogP contribution in [0.15, 0.2) is 5.51 Å². The Hall–Kier alpha value is -0.410. The molecule has 1 aliphatic rings. The van der Waals surface area contributed by atoms with Crippen LogP contribution in [-0.2, 0) is 0 Å². The summed E-state index contributed by atoms with van der Waals surface area (Å²) < 4.78 is 0. The van der Waals surface area contributed by atoms with Gasteiger partial charge in [0.1, 0.15) is 0 Å². The minimum absolute atomic E-state index is 0.542. The molecule has 0 saturated heterocycles. The highest BCUT2D eigenvalue weighted by atomic mass is 32.1. The van der Waals surface area contributed by atoms with Gasteiger partial charge in [0.25, 0.3) is 0 Å². The molecule has 2 nitrogen and oxygen atoms in total. The third-order valence-electron chi connectivity index (χ3n) is 4.03. The van der Waals surface area contributed by atoms with Crippen LogP contribution in [0.25, 0.3) is 0 Å². The quantitative estimate of drug-likeness (QED) is 0.822. The molecular weight excluding hydrogens is 240 g/mol. The summed E-state index contributed by atoms with van der Waals surface area (Å²) in [4.78, 5) is 5.88. The van der Waals surface area contributed by atoms with Crippen LogP contribution in [0, 0.1) is 12.8 Å². The van der Waals surface area contributed by atoms with Crippen molar-refractivity contribution >= 4 is 11.3 Å². The Morgan fingerprint density at radius 2 is 2.17 bits per heavy atom. The Morgan fingerprint density at radius 1 is 1.39 bits per heavy atom. The smallest absolute Gasteiger partial charge is 0.0798 e. The molecule has 3 heteroatoms. The van der Waals surface area contributed by atoms with Crippen molar-refractivity contribution in [1.29, 1.82) is 0 Å². The van der Waals surface area contributed by atoms with E-state index in [9.17, 15) is 0 Å². The second-order valence-electron chi connectivity index (χ2n) is 5.55. The van der Waals surface area contributed by atoms with E-state index in [1.807, 2.05) is 16.8 Å². The van der Waals surface area contributed by atoms with Gasteiger partial charge >= 0.3 is 0 Å². The molecule has 1 heterocycles. The Balaban J connectivity index is 1.98. The molecule has 1 aromatic rings. The van der Waals surface area contributed by atoms with Gasteiger partial charge in [0, 0.05) is 10.9 Å². The predicted octanol–water partition coefficient (Wildman–Crippen LogP) is 4.46. The highest BCUT2D eigenvalue weighted by Crippen LogP contribution is 2.34. The Morgan fingerprint density at radius 3 is 2.78 bits per heavy atom. The van der Waals surface area contributed by atoms with Crippen LogP contribution in [-0.4, -0.2) is 11.5 Å². The molecule has 0 spiro atoms. The SMILES string of the molecule is CCCNC(CC1CCCCC1)c1scnc1C. The van der Waals surface area contributed by atoms with Gasteiger partial charge in [-0.15, -0.1) is 11.3 Å². The molecule has 0 aromatic carbocycles. The fourth-order valence-corrected chi connectivity index (χ4v) is 3.89. The number of aromatic nitrogens is 1. The van der Waals surface area contributed by atoms with Crippen LogP contribution in [0.2, 0.25) is 0 Å². The van der Waals surface area contributed by atoms with Crippen molar-refractivity contribution in [3.05, 3.63) is 16.1 Å². The van der Waals surface area contributed by atoms with E-state index >= 15 is 0 Å². The second kappa shape index (κ2) is 7.25. The van der Waals surface area contributed by atoms with Crippen LogP contribution in [0.4, 0.5) is 0 Å². The summed E-state index contributed by atoms with van der Waals surface area (Å²) in [6.45, 7) is 5.51. The van der Waals surface area contributed by atoms with E-state index in [1.54, 1.807) is 0 Å². The standard InChI is InChI=1S/C15H26N2S/c1-3-9-16-14(15-12(2)17-11-18-15)10-13-7-5-4-6-8-13/h11,13-14,16H,3-10H2,1-2H3. The fourth-order valence-electron chi connectivity index (χ4n) is 3.00. The molecule has 0 aliphatic heterocycles. The molecule has 2 rings (SSSR count). The maximum atomic E-state index is 4.42. The number of nitrogens with one attached hydrogen (secondary N) is 1. The van der Waals surface area contributed by atoms with Crippen molar-refractivity contribution in [3.63, 3.8) is 0 Å². The van der Waals surface area contributed by atoms with Crippen molar-refractivity contribution in [3.8, 4) is 0 Å². The first-order valence-electron chi connectivity index (χ1n) is 7.44. The molecule has 18 heavy (non-hydrogen) atoms. The molecule has 1 aliphatic carbocycles. The van der Waals surface area contributed by atoms with E-state index in [1.165, 1.54) is 55.5 Å². The summed E-state index contributed by atoms with van der Waals surface area (Å²) in [5.41, 5.74) is 3.22. The lowest BCUT2D eigenvalue weighted by molar-refractivity contribution is 0.301. The number of rotatable bonds is 6. The summed E-state index contributed by atoms with van der Waals surface area (Å²) in [7, 11) is 0. The van der Waals surface area contributed by atoms with Gasteiger partial charge in [-0.2, -0.15) is 0 Å². The molecule has 0 radical (unpaired) electrons. The lowest BCUT2D eigenvalue weighted by Crippen LogP contribution is -2.25. The highest BCUT2D eigenvalue weighted by Gasteiger charge is 2.22. The summed E-state index contributed by atoms with van der Waals surface area (Å²) >= 11 is 1.82. The van der Waals surface area contributed by atoms with E-state index in [4.69, 9.17) is 0 Å². The zero-order chi connectivity index (χ0) is 12.8. The maximum Gasteiger partial charge on any atom is 0.0798 e. The van der Waals surface area contributed by atoms with Crippen LogP contribution < -0.4 is 5.32 Å². The summed E-state index contributed by atoms with van der Waals surface area (Å²) in [5.74, 6) is 0.926. The average Bonchev–Trinajstić information content (AvgIpc) is 2.82. The summed E-state index contributed by atoms with van der Waals surface area (Å²) in [6, 6.07) is 0.542. The number of hydrogen-bond acceptors (Lipinski definition) is 3. The average molecular weight is 266 g/mol. The molecule has 0 amide bonds. The van der Waals surface area contributed by atoms with E-state index < -0.39 is 0 Å². The molecular formula is C15H26N2S. The van der Waals surface area contributed by atoms with Gasteiger partial charge in [-0.1, -0.05) is 39.0 Å². The van der Waals surface area contributed by atoms with Crippen LogP contribution in [0.3, 0.4) is 0 Å². The molecule has 102 valence electrons. The normalized spacial score (nSPS) is 19.0. The number of hydrogen-bond donors (Lipinski definition) is 1. The second-order valence-corrected chi connectivity index (χ2v) is 6.43. The van der Waals surface area contributed by atoms with E-state index in [0.29, 0.717) is 6.04 Å². The van der Waals surface area contributed by atoms with Crippen LogP contribution in [0.1, 0.15) is 68.5 Å². The van der Waals surface area contributed by atoms with Gasteiger partial charge in [-0.3, -0.25) is 0 Å². The lowest BCUT2D eigenvalue weighted by atomic mass is 9.84. The van der Waals surface area contributed by atoms with Crippen molar-refractivity contribution in [1.82, 2.24) is 10.3 Å². The zero-order valence-corrected chi connectivity index (χ0v) is 12.6. The van der Waals surface area contributed by atoms with E-state index in [-0.39, 0.29) is 0 Å². The first kappa shape index (κ1) is 14.0. The molecule has 1 fully saturated rings. The number of nitrogens with zero attached hydrogens (tertiary/aromatic N) is 1. The maximum absolute atomic E-state index is 4.42. The van der Waals surface area contributed by atoms with Gasteiger partial charge in [-0.25, -0.2) is 4.98 Å². The van der Waals surface area contributed by atoms with Gasteiger partial charge in [0.2, 0.25) is 0 Å². The molecule has 1 N–H and O–H groups in total. The first-order chi connectivity index (χ1) is 8.81. The third kappa shape index (κ3) is 3.79. The van der Waals surface area contributed by atoms with E-state index in [0.717, 1.165) is 12.5 Å². The van der Waals surface area contributed by atoms with Crippen molar-refractivity contribution in [2.24, 2.45) is 5.92 Å². The van der Waals surface area contributed by atoms with Crippen molar-refractivity contribution in [2.45, 2.75) is 64.8 Å². The minimum atomic E-state index is 0.542. The van der Waals surface area contributed by atoms with Gasteiger partial charge < -0.3 is 5.32 Å². The fraction of sp³-hybridized carbons (Fsp3) is 0.800. The van der Waals surface area contributed by atoms with Crippen molar-refractivity contribution < 1.29 is 0 Å². The Kier molecular flexibility index (Phi) is 5.64. The molecule has 1 atom stereocenters. The monoisotopic (exact) mass is 266 g/mol. The summed E-state index contributed by atoms with van der Waals surface area (Å²) in [5, 5.41) is 3.73. The number of aryl methyl sites for hydroxylation is 1. The molecule has 1 unspecified atom stereocenters. The van der Waals surface area contributed by atoms with Gasteiger partial charge in [-0.05, 0) is 32.2 Å². The topological polar surface area (TPSA) is 24.9 Å². The third-order valence-corrected chi connectivity index (χ3v) is 5.08. The Labute approximate surface area is 115 Å². The zero-order valence-electron chi connectivity index (χ0n) is 11.7. The van der Waals surface area contributed by atoms with Gasteiger partial charge in [0.15, 0.2) is 0 Å². The molecule has 0 bridgehead atoms. The Bertz CT molecular complexity index is 342. The number of thiazole rings is 1. The highest BCUT2D eigenvalue weighted by molar-refractivity contribution is 7.09. The summed E-state index contributed by atoms with van der Waals surface area (Å²) in [6.07, 6.45) is 9.70. The predicted molar refractivity (Wildman–Crippen MR) is 79.1 cm³/mol. The van der Waals surface area contributed by atoms with E-state index in [2.05, 4.69) is 24.1 Å². The van der Waals surface area contributed by atoms with Crippen LogP contribution >= 0.6 is 11.3 Å². The largest absolute Gasteiger partial charge is 0.309 e. The van der Waals surface area contributed by atoms with Crippen LogP contribution in [0.5, 0.6) is 0 Å². The molecule has 1 saturated carbocycles. The minimum Gasteiger partial charge on any atom is -0.309 e.